The largest absolute Gasteiger partial charge is 0.375 e. The normalized spacial score (nSPS) is 12.6. The number of fused-ring (bicyclic) bond motifs is 1. The Balaban J connectivity index is 1.92. The minimum Gasteiger partial charge on any atom is -0.375 e. The number of hydrogen-bond acceptors (Lipinski definition) is 6. The van der Waals surface area contributed by atoms with E-state index in [0.717, 1.165) is 53.3 Å². The molecule has 0 bridgehead atoms. The Morgan fingerprint density at radius 3 is 2.96 bits per heavy atom. The number of aromatic nitrogens is 2. The van der Waals surface area contributed by atoms with Crippen LogP contribution in [-0.4, -0.2) is 34.7 Å². The topological polar surface area (TPSA) is 73.1 Å². The molecule has 2 heterocycles. The molecule has 3 rings (SSSR count). The van der Waals surface area contributed by atoms with Gasteiger partial charge in [-0.3, -0.25) is 0 Å². The van der Waals surface area contributed by atoms with Crippen molar-refractivity contribution >= 4 is 12.0 Å². The molecule has 1 aliphatic heterocycles. The smallest absolute Gasteiger partial charge is 0.180 e. The Bertz CT molecular complexity index is 827. The summed E-state index contributed by atoms with van der Waals surface area (Å²) in [6, 6.07) is 8.22. The van der Waals surface area contributed by atoms with E-state index in [1.54, 1.807) is 4.90 Å². The molecule has 0 radical (unpaired) electrons. The van der Waals surface area contributed by atoms with Gasteiger partial charge in [0.25, 0.3) is 0 Å². The molecule has 6 nitrogen and oxygen atoms in total. The molecule has 0 aliphatic carbocycles. The predicted octanol–water partition coefficient (Wildman–Crippen LogP) is 2.66. The third kappa shape index (κ3) is 3.61. The minimum atomic E-state index is 0.549. The van der Waals surface area contributed by atoms with Crippen molar-refractivity contribution in [2.24, 2.45) is 0 Å². The zero-order chi connectivity index (χ0) is 17.8. The van der Waals surface area contributed by atoms with Crippen molar-refractivity contribution in [2.75, 3.05) is 18.5 Å². The number of anilines is 1. The number of nitrogens with zero attached hydrogens (tertiary/aromatic N) is 5. The number of nitriles is 1. The second kappa shape index (κ2) is 7.31. The van der Waals surface area contributed by atoms with Crippen LogP contribution in [0.25, 0.3) is 11.3 Å². The van der Waals surface area contributed by atoms with Gasteiger partial charge >= 0.3 is 0 Å². The van der Waals surface area contributed by atoms with E-state index in [1.807, 2.05) is 26.1 Å². The van der Waals surface area contributed by atoms with Gasteiger partial charge in [-0.25, -0.2) is 9.97 Å². The highest BCUT2D eigenvalue weighted by molar-refractivity contribution is 5.69. The standard InChI is InChI=1S/C19H21N5O/c1-14-21-18-12-24(13-20)11-17(18)19(22-14)15-6-5-7-16(10-15)23(2)8-3-4-9-25/h5-7,9-10H,3-4,8,11-12H2,1-2H3. The molecule has 0 N–H and O–H groups in total. The Morgan fingerprint density at radius 2 is 2.20 bits per heavy atom. The molecule has 128 valence electrons. The van der Waals surface area contributed by atoms with Crippen LogP contribution < -0.4 is 4.90 Å². The van der Waals surface area contributed by atoms with Crippen LogP contribution in [0.4, 0.5) is 5.69 Å². The summed E-state index contributed by atoms with van der Waals surface area (Å²) in [7, 11) is 2.02. The zero-order valence-electron chi connectivity index (χ0n) is 14.6. The van der Waals surface area contributed by atoms with Crippen molar-refractivity contribution in [1.29, 1.82) is 5.26 Å². The van der Waals surface area contributed by atoms with Gasteiger partial charge in [-0.15, -0.1) is 0 Å². The Kier molecular flexibility index (Phi) is 4.94. The SMILES string of the molecule is Cc1nc2c(c(-c3cccc(N(C)CCCC=O)c3)n1)CN(C#N)C2. The van der Waals surface area contributed by atoms with Gasteiger partial charge in [0.2, 0.25) is 0 Å². The van der Waals surface area contributed by atoms with Crippen LogP contribution in [0.5, 0.6) is 0 Å². The van der Waals surface area contributed by atoms with E-state index >= 15 is 0 Å². The van der Waals surface area contributed by atoms with Gasteiger partial charge in [-0.2, -0.15) is 5.26 Å². The lowest BCUT2D eigenvalue weighted by atomic mass is 10.0. The number of unbranched alkanes of at least 4 members (excludes halogenated alkanes) is 1. The van der Waals surface area contributed by atoms with Gasteiger partial charge in [-0.1, -0.05) is 12.1 Å². The molecule has 0 saturated heterocycles. The van der Waals surface area contributed by atoms with Crippen LogP contribution in [-0.2, 0) is 17.9 Å². The summed E-state index contributed by atoms with van der Waals surface area (Å²) in [5.74, 6) is 0.721. The highest BCUT2D eigenvalue weighted by Gasteiger charge is 2.24. The van der Waals surface area contributed by atoms with E-state index in [0.29, 0.717) is 19.5 Å². The monoisotopic (exact) mass is 335 g/mol. The Labute approximate surface area is 147 Å². The number of hydrogen-bond donors (Lipinski definition) is 0. The molecule has 0 unspecified atom stereocenters. The molecule has 1 aromatic heterocycles. The van der Waals surface area contributed by atoms with Crippen LogP contribution in [0.2, 0.25) is 0 Å². The maximum Gasteiger partial charge on any atom is 0.180 e. The van der Waals surface area contributed by atoms with Crippen molar-refractivity contribution in [2.45, 2.75) is 32.9 Å². The Morgan fingerprint density at radius 1 is 1.36 bits per heavy atom. The molecule has 0 saturated carbocycles. The first-order valence-electron chi connectivity index (χ1n) is 8.38. The van der Waals surface area contributed by atoms with E-state index in [-0.39, 0.29) is 0 Å². The van der Waals surface area contributed by atoms with Crippen molar-refractivity contribution in [3.63, 3.8) is 0 Å². The summed E-state index contributed by atoms with van der Waals surface area (Å²) in [6.45, 7) is 3.81. The van der Waals surface area contributed by atoms with Crippen LogP contribution in [0.15, 0.2) is 24.3 Å². The molecular formula is C19H21N5O. The maximum absolute atomic E-state index is 10.5. The first kappa shape index (κ1) is 16.9. The van der Waals surface area contributed by atoms with Gasteiger partial charge in [0, 0.05) is 36.8 Å². The highest BCUT2D eigenvalue weighted by atomic mass is 16.1. The number of aldehydes is 1. The van der Waals surface area contributed by atoms with Crippen LogP contribution in [0.1, 0.15) is 29.9 Å². The van der Waals surface area contributed by atoms with Crippen LogP contribution in [0.3, 0.4) is 0 Å². The molecule has 6 heteroatoms. The fourth-order valence-corrected chi connectivity index (χ4v) is 3.12. The predicted molar refractivity (Wildman–Crippen MR) is 95.6 cm³/mol. The average Bonchev–Trinajstić information content (AvgIpc) is 3.04. The minimum absolute atomic E-state index is 0.549. The third-order valence-electron chi connectivity index (χ3n) is 4.41. The summed E-state index contributed by atoms with van der Waals surface area (Å²) >= 11 is 0. The fourth-order valence-electron chi connectivity index (χ4n) is 3.12. The lowest BCUT2D eigenvalue weighted by Crippen LogP contribution is -2.18. The average molecular weight is 335 g/mol. The second-order valence-electron chi connectivity index (χ2n) is 6.28. The van der Waals surface area contributed by atoms with Crippen molar-refractivity contribution in [3.05, 3.63) is 41.3 Å². The molecule has 1 aliphatic rings. The summed E-state index contributed by atoms with van der Waals surface area (Å²) < 4.78 is 0. The summed E-state index contributed by atoms with van der Waals surface area (Å²) in [5.41, 5.74) is 5.00. The lowest BCUT2D eigenvalue weighted by molar-refractivity contribution is -0.107. The fraction of sp³-hybridized carbons (Fsp3) is 0.368. The van der Waals surface area contributed by atoms with Gasteiger partial charge in [0.1, 0.15) is 12.1 Å². The van der Waals surface area contributed by atoms with Crippen molar-refractivity contribution in [1.82, 2.24) is 14.9 Å². The molecule has 0 fully saturated rings. The second-order valence-corrected chi connectivity index (χ2v) is 6.28. The number of benzene rings is 1. The van der Waals surface area contributed by atoms with E-state index in [1.165, 1.54) is 0 Å². The van der Waals surface area contributed by atoms with Crippen LogP contribution >= 0.6 is 0 Å². The van der Waals surface area contributed by atoms with E-state index in [2.05, 4.69) is 33.2 Å². The number of aryl methyl sites for hydroxylation is 1. The molecule has 25 heavy (non-hydrogen) atoms. The number of carbonyl (C=O) groups excluding carboxylic acids is 1. The first-order chi connectivity index (χ1) is 12.1. The molecule has 0 spiro atoms. The highest BCUT2D eigenvalue weighted by Crippen LogP contribution is 2.31. The third-order valence-corrected chi connectivity index (χ3v) is 4.41. The van der Waals surface area contributed by atoms with Gasteiger partial charge in [0.05, 0.1) is 24.5 Å². The Hall–Kier alpha value is -2.94. The molecule has 0 amide bonds. The van der Waals surface area contributed by atoms with Gasteiger partial charge < -0.3 is 14.6 Å². The van der Waals surface area contributed by atoms with Gasteiger partial charge in [-0.05, 0) is 25.5 Å². The van der Waals surface area contributed by atoms with Gasteiger partial charge in [0.15, 0.2) is 6.19 Å². The summed E-state index contributed by atoms with van der Waals surface area (Å²) in [5, 5.41) is 9.18. The lowest BCUT2D eigenvalue weighted by Gasteiger charge is -2.20. The van der Waals surface area contributed by atoms with Crippen LogP contribution in [0, 0.1) is 18.4 Å². The zero-order valence-corrected chi connectivity index (χ0v) is 14.6. The molecule has 2 aromatic rings. The van der Waals surface area contributed by atoms with E-state index in [4.69, 9.17) is 0 Å². The first-order valence-corrected chi connectivity index (χ1v) is 8.38. The number of carbonyl (C=O) groups is 1. The molecule has 0 atom stereocenters. The summed E-state index contributed by atoms with van der Waals surface area (Å²) in [6.07, 6.45) is 4.57. The van der Waals surface area contributed by atoms with E-state index in [9.17, 15) is 10.1 Å². The summed E-state index contributed by atoms with van der Waals surface area (Å²) in [4.78, 5) is 23.5. The van der Waals surface area contributed by atoms with Crippen molar-refractivity contribution < 1.29 is 4.79 Å². The van der Waals surface area contributed by atoms with E-state index < -0.39 is 0 Å². The van der Waals surface area contributed by atoms with Crippen molar-refractivity contribution in [3.8, 4) is 17.5 Å². The molecular weight excluding hydrogens is 314 g/mol. The quantitative estimate of drug-likeness (QED) is 0.459. The number of rotatable bonds is 6. The molecule has 1 aromatic carbocycles. The maximum atomic E-state index is 10.5.